The van der Waals surface area contributed by atoms with Crippen LogP contribution in [-0.4, -0.2) is 18.9 Å². The Balaban J connectivity index is 1.74. The third kappa shape index (κ3) is 3.41. The molecule has 2 atom stereocenters. The van der Waals surface area contributed by atoms with E-state index in [0.29, 0.717) is 6.54 Å². The molecule has 0 spiro atoms. The molecule has 2 aromatic carbocycles. The van der Waals surface area contributed by atoms with Gasteiger partial charge in [0.25, 0.3) is 0 Å². The molecule has 1 heterocycles. The molecule has 3 rings (SSSR count). The second kappa shape index (κ2) is 6.41. The molecule has 1 saturated heterocycles. The van der Waals surface area contributed by atoms with Crippen LogP contribution in [0.2, 0.25) is 0 Å². The lowest BCUT2D eigenvalue weighted by Crippen LogP contribution is -2.33. The zero-order chi connectivity index (χ0) is 14.5. The van der Waals surface area contributed by atoms with Crippen molar-refractivity contribution in [3.63, 3.8) is 0 Å². The lowest BCUT2D eigenvalue weighted by Gasteiger charge is -2.22. The van der Waals surface area contributed by atoms with E-state index in [1.807, 2.05) is 48.5 Å². The molecule has 21 heavy (non-hydrogen) atoms. The largest absolute Gasteiger partial charge is 0.508 e. The van der Waals surface area contributed by atoms with E-state index < -0.39 is 6.16 Å². The van der Waals surface area contributed by atoms with Crippen molar-refractivity contribution in [2.45, 2.75) is 18.7 Å². The Hall–Kier alpha value is -2.33. The van der Waals surface area contributed by atoms with Crippen LogP contribution in [0, 0.1) is 0 Å². The average Bonchev–Trinajstić information content (AvgIpc) is 2.96. The van der Waals surface area contributed by atoms with Gasteiger partial charge in [0.05, 0.1) is 6.04 Å². The SMILES string of the molecule is O=C1OC[C@H]([C@@H](NCc2ccccc2)c2ccccc2)O1. The topological polar surface area (TPSA) is 47.6 Å². The molecule has 4 nitrogen and oxygen atoms in total. The Labute approximate surface area is 123 Å². The molecule has 0 saturated carbocycles. The van der Waals surface area contributed by atoms with Crippen LogP contribution in [0.3, 0.4) is 0 Å². The number of rotatable bonds is 5. The minimum absolute atomic E-state index is 0.0853. The minimum atomic E-state index is -0.595. The lowest BCUT2D eigenvalue weighted by atomic mass is 10.0. The first kappa shape index (κ1) is 13.6. The predicted octanol–water partition coefficient (Wildman–Crippen LogP) is 3.05. The summed E-state index contributed by atoms with van der Waals surface area (Å²) in [6.07, 6.45) is -0.897. The molecular weight excluding hydrogens is 266 g/mol. The maximum atomic E-state index is 11.2. The molecule has 1 N–H and O–H groups in total. The van der Waals surface area contributed by atoms with Gasteiger partial charge in [-0.2, -0.15) is 0 Å². The molecule has 0 unspecified atom stereocenters. The van der Waals surface area contributed by atoms with Gasteiger partial charge in [0.1, 0.15) is 6.61 Å². The Morgan fingerprint density at radius 2 is 1.71 bits per heavy atom. The number of hydrogen-bond acceptors (Lipinski definition) is 4. The molecular formula is C17H17NO3. The lowest BCUT2D eigenvalue weighted by molar-refractivity contribution is 0.105. The van der Waals surface area contributed by atoms with Gasteiger partial charge in [-0.15, -0.1) is 0 Å². The van der Waals surface area contributed by atoms with Crippen LogP contribution in [0.15, 0.2) is 60.7 Å². The molecule has 108 valence electrons. The van der Waals surface area contributed by atoms with Crippen LogP contribution >= 0.6 is 0 Å². The molecule has 1 aliphatic rings. The minimum Gasteiger partial charge on any atom is -0.430 e. The molecule has 0 amide bonds. The summed E-state index contributed by atoms with van der Waals surface area (Å²) in [5, 5.41) is 3.46. The highest BCUT2D eigenvalue weighted by molar-refractivity contribution is 5.62. The summed E-state index contributed by atoms with van der Waals surface area (Å²) in [4.78, 5) is 11.2. The van der Waals surface area contributed by atoms with E-state index in [9.17, 15) is 4.79 Å². The van der Waals surface area contributed by atoms with Crippen molar-refractivity contribution >= 4 is 6.16 Å². The number of ether oxygens (including phenoxy) is 2. The van der Waals surface area contributed by atoms with Crippen molar-refractivity contribution in [1.29, 1.82) is 0 Å². The van der Waals surface area contributed by atoms with Gasteiger partial charge in [-0.3, -0.25) is 0 Å². The predicted molar refractivity (Wildman–Crippen MR) is 78.7 cm³/mol. The number of benzene rings is 2. The highest BCUT2D eigenvalue weighted by atomic mass is 16.8. The summed E-state index contributed by atoms with van der Waals surface area (Å²) in [6.45, 7) is 0.981. The number of nitrogens with one attached hydrogen (secondary N) is 1. The Kier molecular flexibility index (Phi) is 4.17. The molecule has 0 radical (unpaired) electrons. The van der Waals surface area contributed by atoms with Crippen LogP contribution in [0.4, 0.5) is 4.79 Å². The Bertz CT molecular complexity index is 585. The summed E-state index contributed by atoms with van der Waals surface area (Å²) in [7, 11) is 0. The highest BCUT2D eigenvalue weighted by Gasteiger charge is 2.33. The third-order valence-corrected chi connectivity index (χ3v) is 3.51. The van der Waals surface area contributed by atoms with Crippen molar-refractivity contribution in [3.8, 4) is 0 Å². The van der Waals surface area contributed by atoms with Gasteiger partial charge in [0.2, 0.25) is 0 Å². The standard InChI is InChI=1S/C17H17NO3/c19-17-20-12-15(21-17)16(14-9-5-2-6-10-14)18-11-13-7-3-1-4-8-13/h1-10,15-16,18H,11-12H2/t15-,16+/m1/s1. The normalized spacial score (nSPS) is 18.9. The van der Waals surface area contributed by atoms with Crippen molar-refractivity contribution in [3.05, 3.63) is 71.8 Å². The van der Waals surface area contributed by atoms with Crippen LogP contribution in [0.5, 0.6) is 0 Å². The maximum Gasteiger partial charge on any atom is 0.508 e. The fraction of sp³-hybridized carbons (Fsp3) is 0.235. The molecule has 2 aromatic rings. The quantitative estimate of drug-likeness (QED) is 0.857. The molecule has 1 fully saturated rings. The first-order valence-corrected chi connectivity index (χ1v) is 6.98. The van der Waals surface area contributed by atoms with Gasteiger partial charge in [0, 0.05) is 6.54 Å². The van der Waals surface area contributed by atoms with Crippen LogP contribution in [-0.2, 0) is 16.0 Å². The van der Waals surface area contributed by atoms with E-state index in [4.69, 9.17) is 9.47 Å². The number of cyclic esters (lactones) is 2. The summed E-state index contributed by atoms with van der Waals surface area (Å²) >= 11 is 0. The average molecular weight is 283 g/mol. The molecule has 1 aliphatic heterocycles. The highest BCUT2D eigenvalue weighted by Crippen LogP contribution is 2.24. The van der Waals surface area contributed by atoms with Gasteiger partial charge >= 0.3 is 6.16 Å². The Morgan fingerprint density at radius 1 is 1.05 bits per heavy atom. The summed E-state index contributed by atoms with van der Waals surface area (Å²) in [5.74, 6) is 0. The van der Waals surface area contributed by atoms with E-state index in [1.54, 1.807) is 0 Å². The molecule has 0 aliphatic carbocycles. The third-order valence-electron chi connectivity index (χ3n) is 3.51. The van der Waals surface area contributed by atoms with Gasteiger partial charge < -0.3 is 14.8 Å². The number of carbonyl (C=O) groups excluding carboxylic acids is 1. The zero-order valence-corrected chi connectivity index (χ0v) is 11.6. The van der Waals surface area contributed by atoms with E-state index in [0.717, 1.165) is 5.56 Å². The van der Waals surface area contributed by atoms with Crippen LogP contribution in [0.25, 0.3) is 0 Å². The van der Waals surface area contributed by atoms with Gasteiger partial charge in [0.15, 0.2) is 6.10 Å². The second-order valence-corrected chi connectivity index (χ2v) is 4.97. The van der Waals surface area contributed by atoms with E-state index in [1.165, 1.54) is 5.56 Å². The summed E-state index contributed by atoms with van der Waals surface area (Å²) in [5.41, 5.74) is 2.26. The van der Waals surface area contributed by atoms with Gasteiger partial charge in [-0.1, -0.05) is 60.7 Å². The van der Waals surface area contributed by atoms with Crippen molar-refractivity contribution in [2.75, 3.05) is 6.61 Å². The van der Waals surface area contributed by atoms with Gasteiger partial charge in [-0.25, -0.2) is 4.79 Å². The second-order valence-electron chi connectivity index (χ2n) is 4.97. The van der Waals surface area contributed by atoms with E-state index in [-0.39, 0.29) is 18.8 Å². The van der Waals surface area contributed by atoms with Gasteiger partial charge in [-0.05, 0) is 11.1 Å². The van der Waals surface area contributed by atoms with E-state index >= 15 is 0 Å². The fourth-order valence-electron chi connectivity index (χ4n) is 2.45. The first-order chi connectivity index (χ1) is 10.3. The first-order valence-electron chi connectivity index (χ1n) is 6.98. The summed E-state index contributed by atoms with van der Waals surface area (Å²) in [6, 6.07) is 20.0. The smallest absolute Gasteiger partial charge is 0.430 e. The van der Waals surface area contributed by atoms with Crippen molar-refractivity contribution in [1.82, 2.24) is 5.32 Å². The fourth-order valence-corrected chi connectivity index (χ4v) is 2.45. The maximum absolute atomic E-state index is 11.2. The molecule has 4 heteroatoms. The molecule has 0 bridgehead atoms. The zero-order valence-electron chi connectivity index (χ0n) is 11.6. The van der Waals surface area contributed by atoms with Crippen molar-refractivity contribution < 1.29 is 14.3 Å². The number of hydrogen-bond donors (Lipinski definition) is 1. The summed E-state index contributed by atoms with van der Waals surface area (Å²) < 4.78 is 10.2. The van der Waals surface area contributed by atoms with Crippen LogP contribution < -0.4 is 5.32 Å². The molecule has 0 aromatic heterocycles. The number of carbonyl (C=O) groups is 1. The Morgan fingerprint density at radius 3 is 2.33 bits per heavy atom. The van der Waals surface area contributed by atoms with Crippen LogP contribution in [0.1, 0.15) is 17.2 Å². The monoisotopic (exact) mass is 283 g/mol. The van der Waals surface area contributed by atoms with Crippen molar-refractivity contribution in [2.24, 2.45) is 0 Å². The van der Waals surface area contributed by atoms with E-state index in [2.05, 4.69) is 17.4 Å².